The first kappa shape index (κ1) is 10.8. The minimum atomic E-state index is 0.701. The lowest BCUT2D eigenvalue weighted by molar-refractivity contribution is 0.606. The van der Waals surface area contributed by atoms with Gasteiger partial charge in [0.05, 0.1) is 11.0 Å². The Morgan fingerprint density at radius 2 is 2.25 bits per heavy atom. The van der Waals surface area contributed by atoms with Crippen molar-refractivity contribution in [3.05, 3.63) is 18.2 Å². The highest BCUT2D eigenvalue weighted by Crippen LogP contribution is 2.17. The van der Waals surface area contributed by atoms with Crippen LogP contribution in [-0.4, -0.2) is 16.5 Å². The molecule has 0 fully saturated rings. The van der Waals surface area contributed by atoms with Crippen LogP contribution < -0.4 is 11.1 Å². The number of fused-ring (bicyclic) bond motifs is 1. The van der Waals surface area contributed by atoms with Gasteiger partial charge in [-0.2, -0.15) is 0 Å². The molecule has 0 aliphatic carbocycles. The molecule has 16 heavy (non-hydrogen) atoms. The molecule has 0 atom stereocenters. The van der Waals surface area contributed by atoms with Gasteiger partial charge in [-0.3, -0.25) is 0 Å². The second kappa shape index (κ2) is 4.43. The maximum absolute atomic E-state index is 5.70. The van der Waals surface area contributed by atoms with Crippen LogP contribution in [-0.2, 0) is 0 Å². The average Bonchev–Trinajstić information content (AvgIpc) is 2.58. The summed E-state index contributed by atoms with van der Waals surface area (Å²) in [5.74, 6) is 1.52. The van der Waals surface area contributed by atoms with Gasteiger partial charge < -0.3 is 16.0 Å². The van der Waals surface area contributed by atoms with Crippen LogP contribution in [0.2, 0.25) is 0 Å². The standard InChI is InChI=1S/C12H18N4/c1-8(2)5-6-14-12-15-10-4-3-9(13)7-11(10)16-12/h3-4,7-8H,5-6,13H2,1-2H3,(H2,14,15,16). The number of aromatic amines is 1. The molecule has 0 saturated heterocycles. The third-order valence-corrected chi connectivity index (χ3v) is 2.52. The second-order valence-corrected chi connectivity index (χ2v) is 4.47. The monoisotopic (exact) mass is 218 g/mol. The zero-order chi connectivity index (χ0) is 11.5. The molecular formula is C12H18N4. The Bertz CT molecular complexity index is 473. The number of nitrogens with zero attached hydrogens (tertiary/aromatic N) is 1. The van der Waals surface area contributed by atoms with Gasteiger partial charge >= 0.3 is 0 Å². The van der Waals surface area contributed by atoms with E-state index < -0.39 is 0 Å². The number of benzene rings is 1. The maximum Gasteiger partial charge on any atom is 0.201 e. The van der Waals surface area contributed by atoms with Crippen LogP contribution in [0.1, 0.15) is 20.3 Å². The molecule has 0 bridgehead atoms. The molecule has 0 aliphatic rings. The molecule has 0 aliphatic heterocycles. The zero-order valence-electron chi connectivity index (χ0n) is 9.75. The van der Waals surface area contributed by atoms with E-state index in [9.17, 15) is 0 Å². The van der Waals surface area contributed by atoms with Crippen LogP contribution >= 0.6 is 0 Å². The minimum absolute atomic E-state index is 0.701. The van der Waals surface area contributed by atoms with E-state index in [1.807, 2.05) is 18.2 Å². The minimum Gasteiger partial charge on any atom is -0.399 e. The van der Waals surface area contributed by atoms with E-state index in [0.29, 0.717) is 5.92 Å². The van der Waals surface area contributed by atoms with Crippen LogP contribution in [0.4, 0.5) is 11.6 Å². The van der Waals surface area contributed by atoms with E-state index in [-0.39, 0.29) is 0 Å². The zero-order valence-corrected chi connectivity index (χ0v) is 9.75. The van der Waals surface area contributed by atoms with Gasteiger partial charge in [0.1, 0.15) is 0 Å². The first-order chi connectivity index (χ1) is 7.65. The third-order valence-electron chi connectivity index (χ3n) is 2.52. The topological polar surface area (TPSA) is 66.7 Å². The van der Waals surface area contributed by atoms with Crippen LogP contribution in [0.5, 0.6) is 0 Å². The van der Waals surface area contributed by atoms with Crippen molar-refractivity contribution >= 4 is 22.7 Å². The molecule has 0 saturated carbocycles. The maximum atomic E-state index is 5.70. The first-order valence-electron chi connectivity index (χ1n) is 5.64. The molecule has 1 aromatic carbocycles. The summed E-state index contributed by atoms with van der Waals surface area (Å²) in [5.41, 5.74) is 8.38. The van der Waals surface area contributed by atoms with E-state index in [4.69, 9.17) is 5.73 Å². The molecule has 0 amide bonds. The van der Waals surface area contributed by atoms with Crippen LogP contribution in [0.3, 0.4) is 0 Å². The number of nitrogen functional groups attached to an aromatic ring is 1. The summed E-state index contributed by atoms with van der Waals surface area (Å²) in [6, 6.07) is 5.69. The van der Waals surface area contributed by atoms with Crippen molar-refractivity contribution in [3.63, 3.8) is 0 Å². The highest BCUT2D eigenvalue weighted by Gasteiger charge is 2.02. The number of hydrogen-bond acceptors (Lipinski definition) is 3. The molecule has 2 aromatic rings. The van der Waals surface area contributed by atoms with Crippen molar-refractivity contribution in [1.82, 2.24) is 9.97 Å². The summed E-state index contributed by atoms with van der Waals surface area (Å²) in [6.45, 7) is 5.36. The first-order valence-corrected chi connectivity index (χ1v) is 5.64. The Morgan fingerprint density at radius 1 is 1.44 bits per heavy atom. The molecule has 4 heteroatoms. The van der Waals surface area contributed by atoms with E-state index in [2.05, 4.69) is 29.1 Å². The number of aromatic nitrogens is 2. The van der Waals surface area contributed by atoms with Crippen molar-refractivity contribution in [3.8, 4) is 0 Å². The van der Waals surface area contributed by atoms with Crippen LogP contribution in [0, 0.1) is 5.92 Å². The van der Waals surface area contributed by atoms with Gasteiger partial charge in [0.25, 0.3) is 0 Å². The van der Waals surface area contributed by atoms with E-state index in [0.717, 1.165) is 35.6 Å². The van der Waals surface area contributed by atoms with E-state index in [1.54, 1.807) is 0 Å². The van der Waals surface area contributed by atoms with Gasteiger partial charge in [0, 0.05) is 12.2 Å². The highest BCUT2D eigenvalue weighted by atomic mass is 15.1. The molecule has 0 spiro atoms. The lowest BCUT2D eigenvalue weighted by Gasteiger charge is -2.04. The lowest BCUT2D eigenvalue weighted by atomic mass is 10.1. The number of anilines is 2. The lowest BCUT2D eigenvalue weighted by Crippen LogP contribution is -2.05. The fraction of sp³-hybridized carbons (Fsp3) is 0.417. The molecule has 4 N–H and O–H groups in total. The van der Waals surface area contributed by atoms with Gasteiger partial charge in [0.2, 0.25) is 5.95 Å². The van der Waals surface area contributed by atoms with Gasteiger partial charge in [-0.05, 0) is 30.5 Å². The largest absolute Gasteiger partial charge is 0.399 e. The Hall–Kier alpha value is -1.71. The smallest absolute Gasteiger partial charge is 0.201 e. The fourth-order valence-corrected chi connectivity index (χ4v) is 1.59. The van der Waals surface area contributed by atoms with Gasteiger partial charge in [0.15, 0.2) is 0 Å². The normalized spacial score (nSPS) is 11.2. The Morgan fingerprint density at radius 3 is 3.00 bits per heavy atom. The quantitative estimate of drug-likeness (QED) is 0.691. The predicted octanol–water partition coefficient (Wildman–Crippen LogP) is 2.60. The van der Waals surface area contributed by atoms with Crippen LogP contribution in [0.25, 0.3) is 11.0 Å². The number of imidazole rings is 1. The fourth-order valence-electron chi connectivity index (χ4n) is 1.59. The summed E-state index contributed by atoms with van der Waals surface area (Å²) in [5, 5.41) is 3.28. The molecule has 0 unspecified atom stereocenters. The third kappa shape index (κ3) is 2.45. The Kier molecular flexibility index (Phi) is 2.99. The summed E-state index contributed by atoms with van der Waals surface area (Å²) in [4.78, 5) is 7.64. The Balaban J connectivity index is 2.08. The number of nitrogens with one attached hydrogen (secondary N) is 2. The summed E-state index contributed by atoms with van der Waals surface area (Å²) in [6.07, 6.45) is 1.14. The van der Waals surface area contributed by atoms with Crippen molar-refractivity contribution in [2.24, 2.45) is 5.92 Å². The molecule has 1 aromatic heterocycles. The van der Waals surface area contributed by atoms with Gasteiger partial charge in [-0.1, -0.05) is 13.8 Å². The summed E-state index contributed by atoms with van der Waals surface area (Å²) < 4.78 is 0. The molecular weight excluding hydrogens is 200 g/mol. The Labute approximate surface area is 95.3 Å². The van der Waals surface area contributed by atoms with Crippen molar-refractivity contribution in [2.45, 2.75) is 20.3 Å². The molecule has 0 radical (unpaired) electrons. The van der Waals surface area contributed by atoms with Crippen molar-refractivity contribution < 1.29 is 0 Å². The number of H-pyrrole nitrogens is 1. The van der Waals surface area contributed by atoms with Gasteiger partial charge in [-0.15, -0.1) is 0 Å². The number of nitrogens with two attached hydrogens (primary N) is 1. The second-order valence-electron chi connectivity index (χ2n) is 4.47. The molecule has 86 valence electrons. The molecule has 2 rings (SSSR count). The van der Waals surface area contributed by atoms with E-state index in [1.165, 1.54) is 0 Å². The molecule has 4 nitrogen and oxygen atoms in total. The van der Waals surface area contributed by atoms with Gasteiger partial charge in [-0.25, -0.2) is 4.98 Å². The summed E-state index contributed by atoms with van der Waals surface area (Å²) >= 11 is 0. The van der Waals surface area contributed by atoms with Crippen LogP contribution in [0.15, 0.2) is 18.2 Å². The molecule has 1 heterocycles. The van der Waals surface area contributed by atoms with Crippen molar-refractivity contribution in [1.29, 1.82) is 0 Å². The number of rotatable bonds is 4. The highest BCUT2D eigenvalue weighted by molar-refractivity contribution is 5.80. The summed E-state index contributed by atoms with van der Waals surface area (Å²) in [7, 11) is 0. The SMILES string of the molecule is CC(C)CCNc1nc2ccc(N)cc2[nH]1. The van der Waals surface area contributed by atoms with Crippen molar-refractivity contribution in [2.75, 3.05) is 17.6 Å². The van der Waals surface area contributed by atoms with E-state index >= 15 is 0 Å². The average molecular weight is 218 g/mol. The number of hydrogen-bond donors (Lipinski definition) is 3. The predicted molar refractivity (Wildman–Crippen MR) is 68.5 cm³/mol.